The Morgan fingerprint density at radius 1 is 0.140 bits per heavy atom. The van der Waals surface area contributed by atoms with Crippen molar-refractivity contribution in [2.75, 3.05) is 0 Å². The van der Waals surface area contributed by atoms with Crippen molar-refractivity contribution in [2.45, 2.75) is 0 Å². The lowest BCUT2D eigenvalue weighted by atomic mass is 9.97. The molecule has 0 atom stereocenters. The van der Waals surface area contributed by atoms with Gasteiger partial charge in [-0.15, -0.1) is 0 Å². The molecule has 6 nitrogen and oxygen atoms in total. The Kier molecular flexibility index (Phi) is 14.9. The van der Waals surface area contributed by atoms with Gasteiger partial charge in [0, 0.05) is 101 Å². The Bertz CT molecular complexity index is 8170. The molecule has 0 saturated carbocycles. The molecular weight excluding hydrogens is 1380 g/mol. The Labute approximate surface area is 656 Å². The van der Waals surface area contributed by atoms with Gasteiger partial charge in [-0.3, -0.25) is 0 Å². The first-order valence-electron chi connectivity index (χ1n) is 39.2. The Hall–Kier alpha value is -15.2. The van der Waals surface area contributed by atoms with E-state index in [-0.39, 0.29) is 0 Å². The van der Waals surface area contributed by atoms with E-state index in [4.69, 9.17) is 0 Å². The summed E-state index contributed by atoms with van der Waals surface area (Å²) < 4.78 is 14.1. The summed E-state index contributed by atoms with van der Waals surface area (Å²) in [5.74, 6) is 0. The van der Waals surface area contributed by atoms with Gasteiger partial charge in [-0.05, 0) is 216 Å². The molecule has 6 heteroatoms. The molecule has 25 rings (SSSR count). The van der Waals surface area contributed by atoms with Crippen LogP contribution in [-0.4, -0.2) is 27.4 Å². The normalized spacial score (nSPS) is 11.9. The van der Waals surface area contributed by atoms with Gasteiger partial charge >= 0.3 is 0 Å². The number of hydrogen-bond acceptors (Lipinski definition) is 0. The van der Waals surface area contributed by atoms with Crippen LogP contribution in [0, 0.1) is 0 Å². The summed E-state index contributed by atoms with van der Waals surface area (Å²) in [6, 6.07) is 147. The summed E-state index contributed by atoms with van der Waals surface area (Å²) >= 11 is 0. The minimum absolute atomic E-state index is 1.17. The molecule has 532 valence electrons. The lowest BCUT2D eigenvalue weighted by Gasteiger charge is -2.14. The molecule has 6 aromatic heterocycles. The second-order valence-electron chi connectivity index (χ2n) is 29.9. The molecule has 25 aromatic rings. The van der Waals surface area contributed by atoms with E-state index in [2.05, 4.69) is 452 Å². The van der Waals surface area contributed by atoms with Crippen molar-refractivity contribution in [1.29, 1.82) is 0 Å². The standard InChI is InChI=1S/C40H26N2.2C34H22N2/c1-2-11-31(12-3-1)41-24-23-36-37(41)21-22-39-40(36)35-15-6-7-16-38(35)42(39)32-13-8-10-28(26-32)29-19-20-34-30(25-29)18-17-27-9-4-5-14-33(27)34;1-2-11-24(12-3-1)35-21-20-29-30(35)18-19-32-34(29)28-16-8-9-17-31(28)36(32)33-22-23-10-4-5-13-25(23)26-14-6-7-15-27(26)33;1-2-9-25(10-3-1)35-21-20-30-31(35)18-19-33-34(30)29-12-6-7-13-32(29)36(33)26-16-17-28-24(22-26)15-14-23-8-4-5-11-27(23)28/h1-26H;2*1-22H. The first-order valence-corrected chi connectivity index (χ1v) is 39.2. The van der Waals surface area contributed by atoms with Crippen LogP contribution in [0.15, 0.2) is 425 Å². The summed E-state index contributed by atoms with van der Waals surface area (Å²) in [5, 5.41) is 26.9. The number of nitrogens with zero attached hydrogens (tertiary/aromatic N) is 6. The minimum atomic E-state index is 1.17. The van der Waals surface area contributed by atoms with Gasteiger partial charge in [0.2, 0.25) is 0 Å². The van der Waals surface area contributed by atoms with Gasteiger partial charge in [-0.1, -0.05) is 261 Å². The van der Waals surface area contributed by atoms with Gasteiger partial charge in [-0.2, -0.15) is 0 Å². The quantitative estimate of drug-likeness (QED) is 0.142. The zero-order chi connectivity index (χ0) is 74.9. The summed E-state index contributed by atoms with van der Waals surface area (Å²) in [5.41, 5.74) is 20.6. The van der Waals surface area contributed by atoms with Crippen molar-refractivity contribution in [3.05, 3.63) is 425 Å². The van der Waals surface area contributed by atoms with Gasteiger partial charge in [0.1, 0.15) is 0 Å². The topological polar surface area (TPSA) is 29.6 Å². The fourth-order valence-corrected chi connectivity index (χ4v) is 18.7. The van der Waals surface area contributed by atoms with E-state index in [1.165, 1.54) is 208 Å². The van der Waals surface area contributed by atoms with E-state index in [0.717, 1.165) is 0 Å². The molecule has 0 spiro atoms. The molecule has 0 amide bonds. The Morgan fingerprint density at radius 3 is 0.947 bits per heavy atom. The third kappa shape index (κ3) is 10.3. The van der Waals surface area contributed by atoms with Gasteiger partial charge < -0.3 is 27.4 Å². The average molecular weight is 1450 g/mol. The van der Waals surface area contributed by atoms with E-state index in [9.17, 15) is 0 Å². The third-order valence-corrected chi connectivity index (χ3v) is 23.8. The molecule has 0 bridgehead atoms. The number of rotatable bonds is 7. The lowest BCUT2D eigenvalue weighted by Crippen LogP contribution is -1.96. The number of aromatic nitrogens is 6. The smallest absolute Gasteiger partial charge is 0.0548 e. The monoisotopic (exact) mass is 1450 g/mol. The third-order valence-electron chi connectivity index (χ3n) is 23.8. The van der Waals surface area contributed by atoms with Crippen molar-refractivity contribution in [3.63, 3.8) is 0 Å². The number of hydrogen-bond donors (Lipinski definition) is 0. The van der Waals surface area contributed by atoms with Crippen LogP contribution in [0.3, 0.4) is 0 Å². The number of benzene rings is 19. The van der Waals surface area contributed by atoms with E-state index < -0.39 is 0 Å². The maximum atomic E-state index is 2.46. The molecule has 0 unspecified atom stereocenters. The van der Waals surface area contributed by atoms with Crippen LogP contribution in [-0.2, 0) is 0 Å². The second kappa shape index (κ2) is 26.2. The Balaban J connectivity index is 0.000000102. The minimum Gasteiger partial charge on any atom is -0.317 e. The molecule has 0 aliphatic heterocycles. The van der Waals surface area contributed by atoms with Crippen molar-refractivity contribution in [1.82, 2.24) is 27.4 Å². The highest BCUT2D eigenvalue weighted by Gasteiger charge is 2.23. The predicted molar refractivity (Wildman–Crippen MR) is 483 cm³/mol. The molecule has 114 heavy (non-hydrogen) atoms. The lowest BCUT2D eigenvalue weighted by molar-refractivity contribution is 1.13. The van der Waals surface area contributed by atoms with Crippen molar-refractivity contribution in [3.8, 4) is 45.3 Å². The molecule has 0 saturated heterocycles. The molecule has 0 radical (unpaired) electrons. The van der Waals surface area contributed by atoms with Gasteiger partial charge in [-0.25, -0.2) is 0 Å². The number of fused-ring (bicyclic) bond motifs is 24. The average Bonchev–Trinajstić information content (AvgIpc) is 1.51. The van der Waals surface area contributed by atoms with Gasteiger partial charge in [0.05, 0.1) is 55.3 Å². The Morgan fingerprint density at radius 2 is 0.456 bits per heavy atom. The van der Waals surface area contributed by atoms with Crippen LogP contribution in [0.5, 0.6) is 0 Å². The van der Waals surface area contributed by atoms with Crippen LogP contribution in [0.1, 0.15) is 0 Å². The van der Waals surface area contributed by atoms with Crippen LogP contribution in [0.4, 0.5) is 0 Å². The molecule has 0 aliphatic rings. The summed E-state index contributed by atoms with van der Waals surface area (Å²) in [6.07, 6.45) is 6.57. The molecule has 0 fully saturated rings. The highest BCUT2D eigenvalue weighted by molar-refractivity contribution is 6.25. The fourth-order valence-electron chi connectivity index (χ4n) is 18.7. The molecular formula is C108H70N6. The largest absolute Gasteiger partial charge is 0.317 e. The van der Waals surface area contributed by atoms with Crippen molar-refractivity contribution in [2.24, 2.45) is 0 Å². The van der Waals surface area contributed by atoms with E-state index in [1.54, 1.807) is 0 Å². The van der Waals surface area contributed by atoms with E-state index in [0.29, 0.717) is 0 Å². The first kappa shape index (κ1) is 64.7. The van der Waals surface area contributed by atoms with Crippen molar-refractivity contribution >= 4 is 163 Å². The predicted octanol–water partition coefficient (Wildman–Crippen LogP) is 28.8. The maximum Gasteiger partial charge on any atom is 0.0548 e. The summed E-state index contributed by atoms with van der Waals surface area (Å²) in [4.78, 5) is 0. The number of para-hydroxylation sites is 6. The second-order valence-corrected chi connectivity index (χ2v) is 29.9. The zero-order valence-electron chi connectivity index (χ0n) is 62.1. The molecule has 19 aromatic carbocycles. The van der Waals surface area contributed by atoms with Crippen molar-refractivity contribution < 1.29 is 0 Å². The summed E-state index contributed by atoms with van der Waals surface area (Å²) in [6.45, 7) is 0. The van der Waals surface area contributed by atoms with Crippen LogP contribution in [0.25, 0.3) is 208 Å². The molecule has 6 heterocycles. The van der Waals surface area contributed by atoms with Crippen LogP contribution >= 0.6 is 0 Å². The maximum absolute atomic E-state index is 2.46. The summed E-state index contributed by atoms with van der Waals surface area (Å²) in [7, 11) is 0. The fraction of sp³-hybridized carbons (Fsp3) is 0. The van der Waals surface area contributed by atoms with Gasteiger partial charge in [0.25, 0.3) is 0 Å². The van der Waals surface area contributed by atoms with Crippen LogP contribution < -0.4 is 0 Å². The highest BCUT2D eigenvalue weighted by Crippen LogP contribution is 2.45. The zero-order valence-corrected chi connectivity index (χ0v) is 62.1. The molecule has 0 N–H and O–H groups in total. The van der Waals surface area contributed by atoms with Crippen LogP contribution in [0.2, 0.25) is 0 Å². The highest BCUT2D eigenvalue weighted by atomic mass is 15.0. The van der Waals surface area contributed by atoms with E-state index >= 15 is 0 Å². The van der Waals surface area contributed by atoms with E-state index in [1.807, 2.05) is 0 Å². The van der Waals surface area contributed by atoms with Gasteiger partial charge in [0.15, 0.2) is 0 Å². The SMILES string of the molecule is c1ccc(-n2ccc3c4c5ccccc5n(-c5cc6ccccc6c6ccccc56)c4ccc32)cc1.c1ccc(-n2ccc3c4c5ccccc5n(-c5ccc6c(ccc7ccccc76)c5)c4ccc32)cc1.c1ccc(-n2ccc3c4c5ccccc5n(-c5cccc(-c6ccc7c(ccc8ccccc87)c6)c5)c4ccc32)cc1. The molecule has 0 aliphatic carbocycles. The first-order chi connectivity index (χ1) is 56.6.